The molecule has 2 saturated heterocycles. The van der Waals surface area contributed by atoms with E-state index in [1.165, 1.54) is 0 Å². The van der Waals surface area contributed by atoms with Crippen LogP contribution in [0.2, 0.25) is 0 Å². The van der Waals surface area contributed by atoms with Crippen LogP contribution in [0.1, 0.15) is 38.3 Å². The molecule has 0 aliphatic carbocycles. The van der Waals surface area contributed by atoms with Crippen molar-refractivity contribution in [3.05, 3.63) is 30.1 Å². The highest BCUT2D eigenvalue weighted by Gasteiger charge is 2.20. The number of aromatic nitrogens is 1. The first-order chi connectivity index (χ1) is 13.8. The number of ether oxygens (including phenoxy) is 2. The average molecular weight is 390 g/mol. The van der Waals surface area contributed by atoms with Crippen LogP contribution in [-0.2, 0) is 16.0 Å². The predicted molar refractivity (Wildman–Crippen MR) is 111 cm³/mol. The molecule has 1 aromatic heterocycles. The van der Waals surface area contributed by atoms with E-state index in [2.05, 4.69) is 44.6 Å². The fourth-order valence-electron chi connectivity index (χ4n) is 3.68. The first-order valence-electron chi connectivity index (χ1n) is 10.7. The van der Waals surface area contributed by atoms with Gasteiger partial charge in [0.1, 0.15) is 0 Å². The van der Waals surface area contributed by atoms with Gasteiger partial charge in [-0.2, -0.15) is 0 Å². The number of likely N-dealkylation sites (tertiary alicyclic amines) is 1. The van der Waals surface area contributed by atoms with Gasteiger partial charge in [0.25, 0.3) is 0 Å². The summed E-state index contributed by atoms with van der Waals surface area (Å²) in [5, 5.41) is 6.94. The van der Waals surface area contributed by atoms with Gasteiger partial charge in [-0.3, -0.25) is 14.9 Å². The molecule has 2 fully saturated rings. The number of guanidine groups is 1. The Labute approximate surface area is 168 Å². The van der Waals surface area contributed by atoms with Crippen LogP contribution in [0, 0.1) is 0 Å². The molecule has 28 heavy (non-hydrogen) atoms. The standard InChI is InChI=1S/C21H35N5O2/c1-2-22-21(24-11-15-27-17-20-7-5-14-28-20)25-18-8-12-26(13-9-18)16-19-6-3-4-10-23-19/h3-4,6,10,18,20H,2,5,7-9,11-17H2,1H3,(H2,22,24,25). The predicted octanol–water partition coefficient (Wildman–Crippen LogP) is 1.80. The van der Waals surface area contributed by atoms with Gasteiger partial charge in [0.2, 0.25) is 0 Å². The van der Waals surface area contributed by atoms with Crippen molar-refractivity contribution in [1.29, 1.82) is 0 Å². The summed E-state index contributed by atoms with van der Waals surface area (Å²) in [7, 11) is 0. The van der Waals surface area contributed by atoms with E-state index in [1.54, 1.807) is 0 Å². The highest BCUT2D eigenvalue weighted by atomic mass is 16.5. The Morgan fingerprint density at radius 1 is 1.32 bits per heavy atom. The van der Waals surface area contributed by atoms with E-state index in [4.69, 9.17) is 9.47 Å². The van der Waals surface area contributed by atoms with E-state index in [9.17, 15) is 0 Å². The lowest BCUT2D eigenvalue weighted by atomic mass is 10.0. The Balaban J connectivity index is 1.34. The summed E-state index contributed by atoms with van der Waals surface area (Å²) in [6.07, 6.45) is 6.66. The van der Waals surface area contributed by atoms with Crippen molar-refractivity contribution in [2.45, 2.75) is 51.3 Å². The molecule has 0 saturated carbocycles. The second-order valence-corrected chi connectivity index (χ2v) is 7.49. The highest BCUT2D eigenvalue weighted by molar-refractivity contribution is 5.80. The van der Waals surface area contributed by atoms with Crippen molar-refractivity contribution >= 4 is 5.96 Å². The third-order valence-corrected chi connectivity index (χ3v) is 5.22. The smallest absolute Gasteiger partial charge is 0.191 e. The third kappa shape index (κ3) is 7.37. The molecule has 0 amide bonds. The SMILES string of the molecule is CCNC(=NCCOCC1CCCO1)NC1CCN(Cc2ccccn2)CC1. The Bertz CT molecular complexity index is 569. The second kappa shape index (κ2) is 12.0. The van der Waals surface area contributed by atoms with Crippen molar-refractivity contribution in [3.8, 4) is 0 Å². The van der Waals surface area contributed by atoms with Crippen molar-refractivity contribution in [2.75, 3.05) is 46.0 Å². The van der Waals surface area contributed by atoms with Crippen molar-refractivity contribution in [2.24, 2.45) is 4.99 Å². The number of nitrogens with zero attached hydrogens (tertiary/aromatic N) is 3. The molecule has 2 N–H and O–H groups in total. The Morgan fingerprint density at radius 2 is 2.21 bits per heavy atom. The molecule has 1 unspecified atom stereocenters. The van der Waals surface area contributed by atoms with Crippen LogP contribution >= 0.6 is 0 Å². The minimum atomic E-state index is 0.284. The first kappa shape index (κ1) is 21.0. The summed E-state index contributed by atoms with van der Waals surface area (Å²) >= 11 is 0. The summed E-state index contributed by atoms with van der Waals surface area (Å²) in [6.45, 7) is 8.93. The maximum Gasteiger partial charge on any atom is 0.191 e. The molecule has 2 aliphatic heterocycles. The molecule has 0 spiro atoms. The molecule has 3 heterocycles. The molecule has 156 valence electrons. The van der Waals surface area contributed by atoms with E-state index in [0.717, 1.165) is 70.1 Å². The van der Waals surface area contributed by atoms with Gasteiger partial charge in [-0.25, -0.2) is 0 Å². The summed E-state index contributed by atoms with van der Waals surface area (Å²) in [5.74, 6) is 0.895. The topological polar surface area (TPSA) is 71.0 Å². The van der Waals surface area contributed by atoms with Gasteiger partial charge in [0.05, 0.1) is 31.6 Å². The average Bonchev–Trinajstić information content (AvgIpc) is 3.24. The number of hydrogen-bond acceptors (Lipinski definition) is 5. The quantitative estimate of drug-likeness (QED) is 0.381. The van der Waals surface area contributed by atoms with Crippen molar-refractivity contribution < 1.29 is 9.47 Å². The summed E-state index contributed by atoms with van der Waals surface area (Å²) in [5.41, 5.74) is 1.15. The van der Waals surface area contributed by atoms with E-state index >= 15 is 0 Å². The lowest BCUT2D eigenvalue weighted by Gasteiger charge is -2.32. The maximum absolute atomic E-state index is 5.71. The zero-order valence-corrected chi connectivity index (χ0v) is 17.1. The normalized spacial score (nSPS) is 21.8. The highest BCUT2D eigenvalue weighted by Crippen LogP contribution is 2.13. The first-order valence-corrected chi connectivity index (χ1v) is 10.7. The molecular formula is C21H35N5O2. The Morgan fingerprint density at radius 3 is 2.93 bits per heavy atom. The zero-order valence-electron chi connectivity index (χ0n) is 17.1. The lowest BCUT2D eigenvalue weighted by Crippen LogP contribution is -2.48. The largest absolute Gasteiger partial charge is 0.377 e. The zero-order chi connectivity index (χ0) is 19.4. The Kier molecular flexibility index (Phi) is 9.00. The number of piperidine rings is 1. The number of nitrogens with one attached hydrogen (secondary N) is 2. The molecule has 7 heteroatoms. The molecule has 0 radical (unpaired) electrons. The van der Waals surface area contributed by atoms with E-state index < -0.39 is 0 Å². The van der Waals surface area contributed by atoms with Gasteiger partial charge in [-0.1, -0.05) is 6.07 Å². The summed E-state index contributed by atoms with van der Waals surface area (Å²) in [4.78, 5) is 11.6. The van der Waals surface area contributed by atoms with Gasteiger partial charge in [0.15, 0.2) is 5.96 Å². The number of aliphatic imine (C=N–C) groups is 1. The van der Waals surface area contributed by atoms with Crippen LogP contribution < -0.4 is 10.6 Å². The molecule has 3 rings (SSSR count). The molecule has 0 aromatic carbocycles. The van der Waals surface area contributed by atoms with Crippen molar-refractivity contribution in [3.63, 3.8) is 0 Å². The lowest BCUT2D eigenvalue weighted by molar-refractivity contribution is 0.0200. The van der Waals surface area contributed by atoms with Crippen LogP contribution in [0.3, 0.4) is 0 Å². The van der Waals surface area contributed by atoms with E-state index in [1.807, 2.05) is 12.3 Å². The maximum atomic E-state index is 5.71. The molecule has 7 nitrogen and oxygen atoms in total. The number of pyridine rings is 1. The van der Waals surface area contributed by atoms with Crippen molar-refractivity contribution in [1.82, 2.24) is 20.5 Å². The third-order valence-electron chi connectivity index (χ3n) is 5.22. The van der Waals surface area contributed by atoms with Crippen LogP contribution in [0.25, 0.3) is 0 Å². The summed E-state index contributed by atoms with van der Waals surface area (Å²) < 4.78 is 11.3. The molecule has 1 atom stereocenters. The number of hydrogen-bond donors (Lipinski definition) is 2. The van der Waals surface area contributed by atoms with E-state index in [0.29, 0.717) is 25.8 Å². The fraction of sp³-hybridized carbons (Fsp3) is 0.714. The monoisotopic (exact) mass is 389 g/mol. The van der Waals surface area contributed by atoms with Gasteiger partial charge in [-0.05, 0) is 44.7 Å². The van der Waals surface area contributed by atoms with Gasteiger partial charge >= 0.3 is 0 Å². The minimum absolute atomic E-state index is 0.284. The van der Waals surface area contributed by atoms with Gasteiger partial charge in [-0.15, -0.1) is 0 Å². The molecule has 2 aliphatic rings. The number of rotatable bonds is 9. The molecular weight excluding hydrogens is 354 g/mol. The second-order valence-electron chi connectivity index (χ2n) is 7.49. The molecule has 0 bridgehead atoms. The van der Waals surface area contributed by atoms with Crippen LogP contribution in [0.15, 0.2) is 29.4 Å². The molecule has 1 aromatic rings. The van der Waals surface area contributed by atoms with Crippen LogP contribution in [-0.4, -0.2) is 74.0 Å². The van der Waals surface area contributed by atoms with E-state index in [-0.39, 0.29) is 6.10 Å². The van der Waals surface area contributed by atoms with Gasteiger partial charge in [0, 0.05) is 45.0 Å². The van der Waals surface area contributed by atoms with Crippen LogP contribution in [0.5, 0.6) is 0 Å². The van der Waals surface area contributed by atoms with Gasteiger partial charge < -0.3 is 20.1 Å². The Hall–Kier alpha value is -1.70. The summed E-state index contributed by atoms with van der Waals surface area (Å²) in [6, 6.07) is 6.58. The van der Waals surface area contributed by atoms with Crippen LogP contribution in [0.4, 0.5) is 0 Å². The fourth-order valence-corrected chi connectivity index (χ4v) is 3.68. The minimum Gasteiger partial charge on any atom is -0.377 e.